The Morgan fingerprint density at radius 1 is 0.963 bits per heavy atom. The van der Waals surface area contributed by atoms with E-state index in [2.05, 4.69) is 63.8 Å². The van der Waals surface area contributed by atoms with Crippen LogP contribution in [0.4, 0.5) is 0 Å². The van der Waals surface area contributed by atoms with E-state index in [4.69, 9.17) is 10.1 Å². The summed E-state index contributed by atoms with van der Waals surface area (Å²) in [6.07, 6.45) is 7.03. The van der Waals surface area contributed by atoms with Crippen LogP contribution in [-0.4, -0.2) is 88.2 Å². The van der Waals surface area contributed by atoms with Crippen molar-refractivity contribution in [2.24, 2.45) is 4.99 Å². The minimum absolute atomic E-state index is 0.0172. The molecule has 4 N–H and O–H groups in total. The van der Waals surface area contributed by atoms with Crippen LogP contribution in [0.1, 0.15) is 54.4 Å². The summed E-state index contributed by atoms with van der Waals surface area (Å²) >= 11 is 0. The first-order valence-electron chi connectivity index (χ1n) is 18.3. The normalized spacial score (nSPS) is 15.5. The maximum atomic E-state index is 13.1. The minimum Gasteiger partial charge on any atom is -0.392 e. The predicted molar refractivity (Wildman–Crippen MR) is 215 cm³/mol. The van der Waals surface area contributed by atoms with E-state index in [1.807, 2.05) is 78.9 Å². The Morgan fingerprint density at radius 2 is 1.59 bits per heavy atom. The number of carbonyl (C=O) groups excluding carboxylic acids is 2. The lowest BCUT2D eigenvalue weighted by Crippen LogP contribution is -2.32. The standard InChI is InChI=1S/C36H42N6O2.C8H8O2/c1-26(43)25-41(3)21-19-38-23-32(37-2)30-15-11-28(12-16-30)29-13-17-31(18-14-29)33-24-39-36(40-33)34-10-7-20-42(34)35(44)22-27-8-5-4-6-9-27;9-6-8(10)7-4-2-1-3-5-7/h4-6,8-9,11-19,23-24,26,34,37,43H,7,10,20-22,25H2,1-3H3,(H,39,40);1-6,8,10H/b32-23-,38-19?;. The zero-order valence-electron chi connectivity index (χ0n) is 31.2. The van der Waals surface area contributed by atoms with Crippen molar-refractivity contribution in [2.45, 2.75) is 44.4 Å². The highest BCUT2D eigenvalue weighted by molar-refractivity contribution is 5.79. The van der Waals surface area contributed by atoms with Gasteiger partial charge in [-0.25, -0.2) is 4.98 Å². The van der Waals surface area contributed by atoms with Gasteiger partial charge in [-0.2, -0.15) is 0 Å². The number of aliphatic imine (C=N–C) groups is 1. The number of hydrogen-bond donors (Lipinski definition) is 4. The maximum absolute atomic E-state index is 13.1. The molecule has 1 aromatic heterocycles. The SMILES string of the molecule is CN/C(=C\N=CCN(C)CC(C)O)c1ccc(-c2ccc(-c3cnc(C4CCCN4C(=O)Cc4ccccc4)[nH]3)cc2)cc1.O=CC(O)c1ccccc1. The number of hydrogen-bond acceptors (Lipinski definition) is 8. The Hall–Kier alpha value is -5.68. The van der Waals surface area contributed by atoms with Crippen LogP contribution in [0.5, 0.6) is 0 Å². The highest BCUT2D eigenvalue weighted by atomic mass is 16.3. The van der Waals surface area contributed by atoms with E-state index in [0.717, 1.165) is 64.4 Å². The minimum atomic E-state index is -0.971. The highest BCUT2D eigenvalue weighted by Gasteiger charge is 2.31. The summed E-state index contributed by atoms with van der Waals surface area (Å²) in [4.78, 5) is 39.8. The molecule has 1 aliphatic rings. The first-order valence-corrected chi connectivity index (χ1v) is 18.3. The van der Waals surface area contributed by atoms with E-state index in [1.54, 1.807) is 31.2 Å². The van der Waals surface area contributed by atoms with Crippen LogP contribution in [0.3, 0.4) is 0 Å². The number of carbonyl (C=O) groups is 2. The average molecular weight is 727 g/mol. The molecule has 3 atom stereocenters. The molecule has 1 amide bonds. The molecule has 2 heterocycles. The molecule has 3 unspecified atom stereocenters. The Bertz CT molecular complexity index is 1960. The number of likely N-dealkylation sites (tertiary alicyclic amines) is 1. The van der Waals surface area contributed by atoms with Crippen molar-refractivity contribution in [3.8, 4) is 22.4 Å². The predicted octanol–water partition coefficient (Wildman–Crippen LogP) is 6.47. The van der Waals surface area contributed by atoms with Crippen LogP contribution in [0.2, 0.25) is 0 Å². The summed E-state index contributed by atoms with van der Waals surface area (Å²) in [5.41, 5.74) is 7.92. The number of imidazole rings is 1. The first kappa shape index (κ1) is 39.5. The monoisotopic (exact) mass is 726 g/mol. The largest absolute Gasteiger partial charge is 0.392 e. The maximum Gasteiger partial charge on any atom is 0.227 e. The Labute approximate surface area is 317 Å². The zero-order chi connectivity index (χ0) is 38.3. The number of likely N-dealkylation sites (N-methyl/N-ethyl adjacent to an activating group) is 1. The van der Waals surface area contributed by atoms with E-state index < -0.39 is 6.10 Å². The van der Waals surface area contributed by atoms with Gasteiger partial charge in [-0.05, 0) is 60.2 Å². The van der Waals surface area contributed by atoms with Crippen LogP contribution in [0.25, 0.3) is 28.1 Å². The molecule has 0 bridgehead atoms. The number of H-pyrrole nitrogens is 1. The molecule has 1 fully saturated rings. The molecule has 10 nitrogen and oxygen atoms in total. The lowest BCUT2D eigenvalue weighted by molar-refractivity contribution is -0.131. The summed E-state index contributed by atoms with van der Waals surface area (Å²) in [5, 5.41) is 21.7. The fraction of sp³-hybridized carbons (Fsp3) is 0.273. The van der Waals surface area contributed by atoms with Crippen molar-refractivity contribution in [1.82, 2.24) is 25.1 Å². The van der Waals surface area contributed by atoms with Gasteiger partial charge in [0.1, 0.15) is 11.9 Å². The van der Waals surface area contributed by atoms with Crippen LogP contribution in [0, 0.1) is 0 Å². The quantitative estimate of drug-likeness (QED) is 0.0762. The molecule has 5 aromatic rings. The zero-order valence-corrected chi connectivity index (χ0v) is 31.2. The van der Waals surface area contributed by atoms with Crippen LogP contribution in [0.15, 0.2) is 127 Å². The third kappa shape index (κ3) is 11.2. The van der Waals surface area contributed by atoms with E-state index in [9.17, 15) is 14.7 Å². The summed E-state index contributed by atoms with van der Waals surface area (Å²) < 4.78 is 0. The molecule has 0 aliphatic carbocycles. The van der Waals surface area contributed by atoms with Crippen molar-refractivity contribution in [2.75, 3.05) is 33.7 Å². The number of amides is 1. The molecule has 54 heavy (non-hydrogen) atoms. The second-order valence-electron chi connectivity index (χ2n) is 13.4. The molecule has 0 saturated carbocycles. The average Bonchev–Trinajstić information content (AvgIpc) is 3.90. The van der Waals surface area contributed by atoms with Gasteiger partial charge in [0.25, 0.3) is 0 Å². The van der Waals surface area contributed by atoms with E-state index in [0.29, 0.717) is 31.4 Å². The molecule has 0 spiro atoms. The van der Waals surface area contributed by atoms with Gasteiger partial charge in [0.2, 0.25) is 5.91 Å². The van der Waals surface area contributed by atoms with E-state index in [-0.39, 0.29) is 18.1 Å². The third-order valence-corrected chi connectivity index (χ3v) is 9.23. The first-order chi connectivity index (χ1) is 26.2. The van der Waals surface area contributed by atoms with Crippen molar-refractivity contribution < 1.29 is 19.8 Å². The second-order valence-corrected chi connectivity index (χ2v) is 13.4. The fourth-order valence-corrected chi connectivity index (χ4v) is 6.41. The van der Waals surface area contributed by atoms with Gasteiger partial charge < -0.3 is 30.2 Å². The number of aliphatic hydroxyl groups is 2. The summed E-state index contributed by atoms with van der Waals surface area (Å²) in [5.74, 6) is 0.997. The Kier molecular flexibility index (Phi) is 14.6. The highest BCUT2D eigenvalue weighted by Crippen LogP contribution is 2.33. The topological polar surface area (TPSA) is 134 Å². The van der Waals surface area contributed by atoms with Gasteiger partial charge in [0.15, 0.2) is 6.29 Å². The lowest BCUT2D eigenvalue weighted by Gasteiger charge is -2.23. The molecule has 6 rings (SSSR count). The molecule has 280 valence electrons. The number of nitrogens with zero attached hydrogens (tertiary/aromatic N) is 4. The van der Waals surface area contributed by atoms with Crippen molar-refractivity contribution in [1.29, 1.82) is 0 Å². The summed E-state index contributed by atoms with van der Waals surface area (Å²) in [7, 11) is 3.85. The fourth-order valence-electron chi connectivity index (χ4n) is 6.41. The van der Waals surface area contributed by atoms with Gasteiger partial charge in [0.05, 0.1) is 42.4 Å². The number of rotatable bonds is 14. The number of aliphatic hydroxyl groups excluding tert-OH is 2. The number of aromatic amines is 1. The molecule has 10 heteroatoms. The second kappa shape index (κ2) is 20.0. The van der Waals surface area contributed by atoms with Crippen LogP contribution in [-0.2, 0) is 16.0 Å². The molecule has 4 aromatic carbocycles. The van der Waals surface area contributed by atoms with Gasteiger partial charge in [-0.3, -0.25) is 14.7 Å². The molecule has 1 aliphatic heterocycles. The number of aromatic nitrogens is 2. The summed E-state index contributed by atoms with van der Waals surface area (Å²) in [6, 6.07) is 35.6. The van der Waals surface area contributed by atoms with Crippen LogP contribution >= 0.6 is 0 Å². The Morgan fingerprint density at radius 3 is 2.22 bits per heavy atom. The van der Waals surface area contributed by atoms with Crippen molar-refractivity contribution in [3.05, 3.63) is 144 Å². The molecular formula is C44H50N6O4. The van der Waals surface area contributed by atoms with Gasteiger partial charge in [-0.15, -0.1) is 0 Å². The summed E-state index contributed by atoms with van der Waals surface area (Å²) in [6.45, 7) is 3.82. The van der Waals surface area contributed by atoms with Crippen molar-refractivity contribution in [3.63, 3.8) is 0 Å². The van der Waals surface area contributed by atoms with E-state index >= 15 is 0 Å². The third-order valence-electron chi connectivity index (χ3n) is 9.23. The number of aldehydes is 1. The van der Waals surface area contributed by atoms with E-state index in [1.165, 1.54) is 0 Å². The van der Waals surface area contributed by atoms with Gasteiger partial charge >= 0.3 is 0 Å². The Balaban J connectivity index is 0.000000486. The van der Waals surface area contributed by atoms with Crippen molar-refractivity contribution >= 4 is 24.1 Å². The smallest absolute Gasteiger partial charge is 0.227 e. The number of benzene rings is 4. The number of nitrogens with one attached hydrogen (secondary N) is 2. The van der Waals surface area contributed by atoms with Gasteiger partial charge in [0, 0.05) is 32.9 Å². The van der Waals surface area contributed by atoms with Gasteiger partial charge in [-0.1, -0.05) is 109 Å². The van der Waals surface area contributed by atoms with Crippen LogP contribution < -0.4 is 5.32 Å². The lowest BCUT2D eigenvalue weighted by atomic mass is 10.0. The molecule has 1 saturated heterocycles. The molecular weight excluding hydrogens is 677 g/mol. The molecule has 0 radical (unpaired) electrons.